The molecule has 1 aliphatic rings. The van der Waals surface area contributed by atoms with Crippen LogP contribution in [0.15, 0.2) is 36.4 Å². The molecule has 3 rings (SSSR count). The molecule has 1 aliphatic heterocycles. The Kier molecular flexibility index (Phi) is 6.69. The second kappa shape index (κ2) is 9.25. The van der Waals surface area contributed by atoms with Crippen LogP contribution in [-0.2, 0) is 4.74 Å². The summed E-state index contributed by atoms with van der Waals surface area (Å²) in [6.45, 7) is 0.931. The van der Waals surface area contributed by atoms with E-state index in [4.69, 9.17) is 19.5 Å². The van der Waals surface area contributed by atoms with Crippen molar-refractivity contribution in [1.29, 1.82) is 5.26 Å². The van der Waals surface area contributed by atoms with Crippen molar-refractivity contribution in [3.05, 3.63) is 57.6 Å². The highest BCUT2D eigenvalue weighted by molar-refractivity contribution is 5.56. The Labute approximate surface area is 176 Å². The van der Waals surface area contributed by atoms with Crippen molar-refractivity contribution < 1.29 is 39.6 Å². The first kappa shape index (κ1) is 22.4. The molecule has 0 aromatic heterocycles. The molecule has 164 valence electrons. The van der Waals surface area contributed by atoms with Gasteiger partial charge in [0.25, 0.3) is 0 Å². The van der Waals surface area contributed by atoms with Crippen LogP contribution in [0, 0.1) is 28.4 Å². The Hall–Kier alpha value is -3.27. The SMILES string of the molecule is Cc1cc(Oc2cccc(C#N)c2)c([N+](=O)[O-])cc1OC1OC(CO)C(O)C(O)C1O. The van der Waals surface area contributed by atoms with Crippen LogP contribution in [0.4, 0.5) is 5.69 Å². The summed E-state index contributed by atoms with van der Waals surface area (Å²) in [5.74, 6) is 0.0945. The third-order valence-corrected chi connectivity index (χ3v) is 4.74. The van der Waals surface area contributed by atoms with Crippen molar-refractivity contribution in [2.75, 3.05) is 6.61 Å². The van der Waals surface area contributed by atoms with Crippen molar-refractivity contribution >= 4 is 5.69 Å². The summed E-state index contributed by atoms with van der Waals surface area (Å²) in [4.78, 5) is 10.9. The Bertz CT molecular complexity index is 1000. The molecule has 11 heteroatoms. The van der Waals surface area contributed by atoms with Gasteiger partial charge in [0.15, 0.2) is 0 Å². The van der Waals surface area contributed by atoms with Crippen LogP contribution in [0.25, 0.3) is 0 Å². The van der Waals surface area contributed by atoms with Gasteiger partial charge in [0, 0.05) is 0 Å². The number of hydrogen-bond donors (Lipinski definition) is 4. The molecule has 1 saturated heterocycles. The summed E-state index contributed by atoms with van der Waals surface area (Å²) in [5, 5.41) is 59.7. The van der Waals surface area contributed by atoms with Crippen LogP contribution >= 0.6 is 0 Å². The van der Waals surface area contributed by atoms with Gasteiger partial charge in [0.2, 0.25) is 12.0 Å². The first-order chi connectivity index (χ1) is 14.7. The summed E-state index contributed by atoms with van der Waals surface area (Å²) in [5.41, 5.74) is 0.251. The average molecular weight is 432 g/mol. The first-order valence-electron chi connectivity index (χ1n) is 9.19. The van der Waals surface area contributed by atoms with Gasteiger partial charge in [-0.05, 0) is 36.8 Å². The minimum atomic E-state index is -1.67. The van der Waals surface area contributed by atoms with Crippen LogP contribution in [0.2, 0.25) is 0 Å². The number of ether oxygens (including phenoxy) is 3. The second-order valence-corrected chi connectivity index (χ2v) is 6.90. The molecule has 5 atom stereocenters. The molecule has 2 aromatic carbocycles. The van der Waals surface area contributed by atoms with Gasteiger partial charge >= 0.3 is 5.69 Å². The van der Waals surface area contributed by atoms with E-state index in [0.717, 1.165) is 6.07 Å². The molecule has 0 bridgehead atoms. The molecule has 1 heterocycles. The van der Waals surface area contributed by atoms with E-state index >= 15 is 0 Å². The zero-order valence-corrected chi connectivity index (χ0v) is 16.3. The number of benzene rings is 2. The van der Waals surface area contributed by atoms with Crippen molar-refractivity contribution in [2.45, 2.75) is 37.6 Å². The van der Waals surface area contributed by atoms with Gasteiger partial charge in [-0.15, -0.1) is 0 Å². The van der Waals surface area contributed by atoms with Crippen molar-refractivity contribution in [2.24, 2.45) is 0 Å². The molecule has 0 spiro atoms. The number of hydrogen-bond acceptors (Lipinski definition) is 10. The topological polar surface area (TPSA) is 176 Å². The van der Waals surface area contributed by atoms with Crippen molar-refractivity contribution in [1.82, 2.24) is 0 Å². The number of rotatable bonds is 6. The smallest absolute Gasteiger partial charge is 0.315 e. The maximum absolute atomic E-state index is 11.6. The maximum Gasteiger partial charge on any atom is 0.315 e. The van der Waals surface area contributed by atoms with Crippen LogP contribution in [0.1, 0.15) is 11.1 Å². The van der Waals surface area contributed by atoms with Gasteiger partial charge in [-0.25, -0.2) is 0 Å². The van der Waals surface area contributed by atoms with Gasteiger partial charge < -0.3 is 34.6 Å². The largest absolute Gasteiger partial charge is 0.461 e. The Balaban J connectivity index is 1.90. The number of aliphatic hydroxyl groups excluding tert-OH is 4. The number of nitro groups is 1. The minimum absolute atomic E-state index is 0.0332. The monoisotopic (exact) mass is 432 g/mol. The van der Waals surface area contributed by atoms with Crippen LogP contribution in [0.3, 0.4) is 0 Å². The maximum atomic E-state index is 11.6. The third kappa shape index (κ3) is 4.74. The summed E-state index contributed by atoms with van der Waals surface area (Å²) in [7, 11) is 0. The Morgan fingerprint density at radius 2 is 1.90 bits per heavy atom. The van der Waals surface area contributed by atoms with Crippen molar-refractivity contribution in [3.8, 4) is 23.3 Å². The predicted molar refractivity (Wildman–Crippen MR) is 103 cm³/mol. The minimum Gasteiger partial charge on any atom is -0.461 e. The highest BCUT2D eigenvalue weighted by Crippen LogP contribution is 2.38. The van der Waals surface area contributed by atoms with Crippen LogP contribution in [-0.4, -0.2) is 62.7 Å². The molecular formula is C20H20N2O9. The third-order valence-electron chi connectivity index (χ3n) is 4.74. The lowest BCUT2D eigenvalue weighted by Gasteiger charge is -2.39. The van der Waals surface area contributed by atoms with E-state index in [-0.39, 0.29) is 17.2 Å². The lowest BCUT2D eigenvalue weighted by atomic mass is 9.99. The van der Waals surface area contributed by atoms with Gasteiger partial charge in [0.1, 0.15) is 35.9 Å². The highest BCUT2D eigenvalue weighted by atomic mass is 16.7. The molecule has 0 saturated carbocycles. The molecule has 0 radical (unpaired) electrons. The molecule has 2 aromatic rings. The quantitative estimate of drug-likeness (QED) is 0.376. The zero-order valence-electron chi connectivity index (χ0n) is 16.3. The average Bonchev–Trinajstić information content (AvgIpc) is 2.75. The predicted octanol–water partition coefficient (Wildman–Crippen LogP) is 0.746. The van der Waals surface area contributed by atoms with Gasteiger partial charge in [-0.2, -0.15) is 5.26 Å². The summed E-state index contributed by atoms with van der Waals surface area (Å²) >= 11 is 0. The molecule has 0 amide bonds. The normalized spacial score (nSPS) is 25.5. The van der Waals surface area contributed by atoms with Gasteiger partial charge in [0.05, 0.1) is 29.2 Å². The fourth-order valence-corrected chi connectivity index (χ4v) is 3.05. The fraction of sp³-hybridized carbons (Fsp3) is 0.350. The highest BCUT2D eigenvalue weighted by Gasteiger charge is 2.45. The number of nitro benzene ring substituents is 1. The van der Waals surface area contributed by atoms with E-state index in [1.165, 1.54) is 18.2 Å². The first-order valence-corrected chi connectivity index (χ1v) is 9.19. The fourth-order valence-electron chi connectivity index (χ4n) is 3.05. The number of aryl methyl sites for hydroxylation is 1. The summed E-state index contributed by atoms with van der Waals surface area (Å²) < 4.78 is 16.4. The van der Waals surface area contributed by atoms with E-state index < -0.39 is 47.9 Å². The van der Waals surface area contributed by atoms with Crippen molar-refractivity contribution in [3.63, 3.8) is 0 Å². The van der Waals surface area contributed by atoms with E-state index in [1.54, 1.807) is 19.1 Å². The molecule has 31 heavy (non-hydrogen) atoms. The molecule has 1 fully saturated rings. The Morgan fingerprint density at radius 1 is 1.16 bits per heavy atom. The number of nitriles is 1. The number of aliphatic hydroxyl groups is 4. The van der Waals surface area contributed by atoms with Crippen LogP contribution < -0.4 is 9.47 Å². The second-order valence-electron chi connectivity index (χ2n) is 6.90. The molecule has 11 nitrogen and oxygen atoms in total. The Morgan fingerprint density at radius 3 is 2.55 bits per heavy atom. The zero-order chi connectivity index (χ0) is 22.7. The molecule has 5 unspecified atom stereocenters. The lowest BCUT2D eigenvalue weighted by Crippen LogP contribution is -2.60. The van der Waals surface area contributed by atoms with Gasteiger partial charge in [-0.3, -0.25) is 10.1 Å². The summed E-state index contributed by atoms with van der Waals surface area (Å²) in [6, 6.07) is 10.5. The van der Waals surface area contributed by atoms with Gasteiger partial charge in [-0.1, -0.05) is 6.07 Å². The van der Waals surface area contributed by atoms with E-state index in [9.17, 15) is 30.5 Å². The molecule has 4 N–H and O–H groups in total. The van der Waals surface area contributed by atoms with E-state index in [1.807, 2.05) is 6.07 Å². The van der Waals surface area contributed by atoms with Crippen LogP contribution in [0.5, 0.6) is 17.2 Å². The molecule has 0 aliphatic carbocycles. The molecular weight excluding hydrogens is 412 g/mol. The standard InChI is InChI=1S/C20H20N2O9/c1-10-5-15(29-12-4-2-3-11(6-12)8-21)13(22(27)28)7-14(10)30-20-19(26)18(25)17(24)16(9-23)31-20/h2-7,16-20,23-26H,9H2,1H3. The van der Waals surface area contributed by atoms with E-state index in [0.29, 0.717) is 11.1 Å². The lowest BCUT2D eigenvalue weighted by molar-refractivity contribution is -0.385. The summed E-state index contributed by atoms with van der Waals surface area (Å²) in [6.07, 6.45) is -7.56. The number of nitrogens with zero attached hydrogens (tertiary/aromatic N) is 2. The van der Waals surface area contributed by atoms with E-state index in [2.05, 4.69) is 0 Å².